The maximum Gasteiger partial charge on any atom is 0.255 e. The van der Waals surface area contributed by atoms with Crippen molar-refractivity contribution in [3.05, 3.63) is 28.2 Å². The molecular formula is C13H18BrNO3. The summed E-state index contributed by atoms with van der Waals surface area (Å²) in [5.41, 5.74) is 0.264. The van der Waals surface area contributed by atoms with Crippen LogP contribution in [0.3, 0.4) is 0 Å². The summed E-state index contributed by atoms with van der Waals surface area (Å²) >= 11 is 3.23. The van der Waals surface area contributed by atoms with Gasteiger partial charge in [-0.1, -0.05) is 29.8 Å². The highest BCUT2D eigenvalue weighted by Gasteiger charge is 2.18. The predicted molar refractivity (Wildman–Crippen MR) is 73.8 cm³/mol. The van der Waals surface area contributed by atoms with Crippen LogP contribution < -0.4 is 5.32 Å². The molecule has 1 amide bonds. The standard InChI is InChI=1S/C13H18BrNO3/c1-8(2)11(7-18-3)15-13(17)10-5-4-9(14)6-12(10)16/h4-6,8,11,16H,7H2,1-3H3,(H,15,17). The second-order valence-electron chi connectivity index (χ2n) is 4.44. The van der Waals surface area contributed by atoms with E-state index in [4.69, 9.17) is 4.74 Å². The molecule has 100 valence electrons. The molecule has 1 aromatic carbocycles. The number of carbonyl (C=O) groups is 1. The SMILES string of the molecule is COCC(NC(=O)c1ccc(Br)cc1O)C(C)C. The average molecular weight is 316 g/mol. The topological polar surface area (TPSA) is 58.6 Å². The number of hydrogen-bond acceptors (Lipinski definition) is 3. The molecule has 1 unspecified atom stereocenters. The van der Waals surface area contributed by atoms with Gasteiger partial charge in [0.1, 0.15) is 5.75 Å². The lowest BCUT2D eigenvalue weighted by Crippen LogP contribution is -2.41. The van der Waals surface area contributed by atoms with Gasteiger partial charge in [0.2, 0.25) is 0 Å². The number of halogens is 1. The Morgan fingerprint density at radius 1 is 1.50 bits per heavy atom. The minimum atomic E-state index is -0.296. The van der Waals surface area contributed by atoms with Crippen molar-refractivity contribution in [2.24, 2.45) is 5.92 Å². The van der Waals surface area contributed by atoms with Gasteiger partial charge in [0, 0.05) is 11.6 Å². The lowest BCUT2D eigenvalue weighted by molar-refractivity contribution is 0.0864. The number of nitrogens with one attached hydrogen (secondary N) is 1. The number of benzene rings is 1. The molecule has 0 spiro atoms. The van der Waals surface area contributed by atoms with Gasteiger partial charge in [0.05, 0.1) is 18.2 Å². The number of methoxy groups -OCH3 is 1. The Hall–Kier alpha value is -1.07. The Kier molecular flexibility index (Phi) is 5.62. The molecule has 0 aliphatic rings. The van der Waals surface area contributed by atoms with Crippen LogP contribution in [-0.4, -0.2) is 30.8 Å². The Balaban J connectivity index is 2.80. The zero-order chi connectivity index (χ0) is 13.7. The van der Waals surface area contributed by atoms with Gasteiger partial charge in [-0.3, -0.25) is 4.79 Å². The molecule has 1 aromatic rings. The summed E-state index contributed by atoms with van der Waals surface area (Å²) < 4.78 is 5.80. The Labute approximate surface area is 115 Å². The second-order valence-corrected chi connectivity index (χ2v) is 5.36. The summed E-state index contributed by atoms with van der Waals surface area (Å²) in [6, 6.07) is 4.72. The Bertz CT molecular complexity index is 421. The summed E-state index contributed by atoms with van der Waals surface area (Å²) in [5, 5.41) is 12.6. The predicted octanol–water partition coefficient (Wildman–Crippen LogP) is 2.56. The Morgan fingerprint density at radius 3 is 2.67 bits per heavy atom. The summed E-state index contributed by atoms with van der Waals surface area (Å²) in [6.45, 7) is 4.46. The molecule has 0 aliphatic carbocycles. The van der Waals surface area contributed by atoms with Crippen molar-refractivity contribution >= 4 is 21.8 Å². The molecule has 0 saturated heterocycles. The molecule has 0 fully saturated rings. The number of rotatable bonds is 5. The molecule has 5 heteroatoms. The van der Waals surface area contributed by atoms with Crippen LogP contribution in [0, 0.1) is 5.92 Å². The zero-order valence-electron chi connectivity index (χ0n) is 10.7. The van der Waals surface area contributed by atoms with E-state index in [-0.39, 0.29) is 29.2 Å². The first kappa shape index (κ1) is 15.0. The lowest BCUT2D eigenvalue weighted by Gasteiger charge is -2.21. The van der Waals surface area contributed by atoms with Crippen LogP contribution in [-0.2, 0) is 4.74 Å². The van der Waals surface area contributed by atoms with Gasteiger partial charge in [0.15, 0.2) is 0 Å². The fourth-order valence-electron chi connectivity index (χ4n) is 1.52. The molecule has 0 heterocycles. The summed E-state index contributed by atoms with van der Waals surface area (Å²) in [7, 11) is 1.60. The fraction of sp³-hybridized carbons (Fsp3) is 0.462. The van der Waals surface area contributed by atoms with E-state index in [9.17, 15) is 9.90 Å². The largest absolute Gasteiger partial charge is 0.507 e. The average Bonchev–Trinajstić information content (AvgIpc) is 2.27. The lowest BCUT2D eigenvalue weighted by atomic mass is 10.0. The monoisotopic (exact) mass is 315 g/mol. The van der Waals surface area contributed by atoms with E-state index < -0.39 is 0 Å². The van der Waals surface area contributed by atoms with Crippen LogP contribution in [0.15, 0.2) is 22.7 Å². The van der Waals surface area contributed by atoms with Gasteiger partial charge in [-0.25, -0.2) is 0 Å². The smallest absolute Gasteiger partial charge is 0.255 e. The molecule has 0 radical (unpaired) electrons. The van der Waals surface area contributed by atoms with Crippen molar-refractivity contribution in [2.45, 2.75) is 19.9 Å². The number of aromatic hydroxyl groups is 1. The third kappa shape index (κ3) is 3.99. The van der Waals surface area contributed by atoms with Gasteiger partial charge in [0.25, 0.3) is 5.91 Å². The van der Waals surface area contributed by atoms with Crippen LogP contribution in [0.4, 0.5) is 0 Å². The normalized spacial score (nSPS) is 12.5. The van der Waals surface area contributed by atoms with Gasteiger partial charge in [-0.2, -0.15) is 0 Å². The van der Waals surface area contributed by atoms with Crippen molar-refractivity contribution in [1.29, 1.82) is 0 Å². The van der Waals surface area contributed by atoms with Crippen molar-refractivity contribution in [3.8, 4) is 5.75 Å². The first-order chi connectivity index (χ1) is 8.45. The quantitative estimate of drug-likeness (QED) is 0.878. The van der Waals surface area contributed by atoms with Crippen molar-refractivity contribution in [2.75, 3.05) is 13.7 Å². The van der Waals surface area contributed by atoms with Crippen molar-refractivity contribution < 1.29 is 14.6 Å². The minimum absolute atomic E-state index is 0.0400. The maximum atomic E-state index is 12.0. The van der Waals surface area contributed by atoms with E-state index in [0.29, 0.717) is 6.61 Å². The highest BCUT2D eigenvalue weighted by Crippen LogP contribution is 2.22. The first-order valence-corrected chi connectivity index (χ1v) is 6.53. The third-order valence-electron chi connectivity index (χ3n) is 2.67. The van der Waals surface area contributed by atoms with Gasteiger partial charge >= 0.3 is 0 Å². The third-order valence-corrected chi connectivity index (χ3v) is 3.17. The van der Waals surface area contributed by atoms with Crippen LogP contribution in [0.25, 0.3) is 0 Å². The van der Waals surface area contributed by atoms with Crippen molar-refractivity contribution in [1.82, 2.24) is 5.32 Å². The molecule has 1 atom stereocenters. The van der Waals surface area contributed by atoms with E-state index in [1.165, 1.54) is 6.07 Å². The summed E-state index contributed by atoms with van der Waals surface area (Å²) in [4.78, 5) is 12.0. The first-order valence-electron chi connectivity index (χ1n) is 5.74. The van der Waals surface area contributed by atoms with Gasteiger partial charge in [-0.15, -0.1) is 0 Å². The zero-order valence-corrected chi connectivity index (χ0v) is 12.3. The van der Waals surface area contributed by atoms with Crippen LogP contribution in [0.2, 0.25) is 0 Å². The van der Waals surface area contributed by atoms with Crippen molar-refractivity contribution in [3.63, 3.8) is 0 Å². The maximum absolute atomic E-state index is 12.0. The number of carbonyl (C=O) groups excluding carboxylic acids is 1. The second kappa shape index (κ2) is 6.75. The van der Waals surface area contributed by atoms with E-state index in [0.717, 1.165) is 4.47 Å². The molecule has 18 heavy (non-hydrogen) atoms. The van der Waals surface area contributed by atoms with Gasteiger partial charge < -0.3 is 15.2 Å². The van der Waals surface area contributed by atoms with Crippen LogP contribution in [0.5, 0.6) is 5.75 Å². The molecule has 0 bridgehead atoms. The van der Waals surface area contributed by atoms with Crippen LogP contribution in [0.1, 0.15) is 24.2 Å². The highest BCUT2D eigenvalue weighted by atomic mass is 79.9. The Morgan fingerprint density at radius 2 is 2.17 bits per heavy atom. The number of phenolic OH excluding ortho intramolecular Hbond substituents is 1. The van der Waals surface area contributed by atoms with E-state index in [2.05, 4.69) is 21.2 Å². The fourth-order valence-corrected chi connectivity index (χ4v) is 1.87. The molecule has 1 rings (SSSR count). The molecule has 0 aliphatic heterocycles. The number of hydrogen-bond donors (Lipinski definition) is 2. The number of phenols is 1. The van der Waals surface area contributed by atoms with Crippen LogP contribution >= 0.6 is 15.9 Å². The number of ether oxygens (including phenoxy) is 1. The molecule has 0 aromatic heterocycles. The molecule has 2 N–H and O–H groups in total. The number of amides is 1. The van der Waals surface area contributed by atoms with E-state index >= 15 is 0 Å². The molecular weight excluding hydrogens is 298 g/mol. The summed E-state index contributed by atoms with van der Waals surface area (Å²) in [6.07, 6.45) is 0. The summed E-state index contributed by atoms with van der Waals surface area (Å²) in [5.74, 6) is -0.0796. The van der Waals surface area contributed by atoms with E-state index in [1.54, 1.807) is 19.2 Å². The van der Waals surface area contributed by atoms with E-state index in [1.807, 2.05) is 13.8 Å². The van der Waals surface area contributed by atoms with Gasteiger partial charge in [-0.05, 0) is 24.1 Å². The molecule has 4 nitrogen and oxygen atoms in total. The minimum Gasteiger partial charge on any atom is -0.507 e. The highest BCUT2D eigenvalue weighted by molar-refractivity contribution is 9.10. The molecule has 0 saturated carbocycles.